The molecule has 0 spiro atoms. The summed E-state index contributed by atoms with van der Waals surface area (Å²) in [5, 5.41) is 2.68. The van der Waals surface area contributed by atoms with Crippen molar-refractivity contribution in [2.45, 2.75) is 13.0 Å². The molecule has 1 unspecified atom stereocenters. The molecular weight excluding hydrogens is 338 g/mol. The summed E-state index contributed by atoms with van der Waals surface area (Å²) in [6, 6.07) is 14.7. The number of aromatic nitrogens is 1. The van der Waals surface area contributed by atoms with Gasteiger partial charge in [0.15, 0.2) is 0 Å². The van der Waals surface area contributed by atoms with Gasteiger partial charge in [0.1, 0.15) is 22.9 Å². The number of pyridine rings is 1. The monoisotopic (exact) mass is 354 g/mol. The summed E-state index contributed by atoms with van der Waals surface area (Å²) in [5.74, 6) is -1.18. The van der Waals surface area contributed by atoms with E-state index in [1.165, 1.54) is 12.3 Å². The molecule has 26 heavy (non-hydrogen) atoms. The number of carbonyl (C=O) groups excluding carboxylic acids is 1. The highest BCUT2D eigenvalue weighted by Crippen LogP contribution is 2.24. The van der Waals surface area contributed by atoms with Gasteiger partial charge in [-0.25, -0.2) is 13.8 Å². The lowest BCUT2D eigenvalue weighted by atomic mass is 10.1. The molecule has 1 amide bonds. The van der Waals surface area contributed by atoms with Crippen LogP contribution in [0.5, 0.6) is 11.6 Å². The summed E-state index contributed by atoms with van der Waals surface area (Å²) >= 11 is 0. The standard InChI is InChI=1S/C20H16F2N2O2/c1-13(16-10-9-14(21)12-18(16)22)24-19(25)17-8-5-11-23-20(17)26-15-6-3-2-4-7-15/h2-13H,1H3,(H,24,25). The van der Waals surface area contributed by atoms with E-state index in [2.05, 4.69) is 10.3 Å². The van der Waals surface area contributed by atoms with Crippen LogP contribution in [0.4, 0.5) is 8.78 Å². The quantitative estimate of drug-likeness (QED) is 0.726. The van der Waals surface area contributed by atoms with Gasteiger partial charge in [-0.1, -0.05) is 24.3 Å². The van der Waals surface area contributed by atoms with Gasteiger partial charge in [0, 0.05) is 17.8 Å². The van der Waals surface area contributed by atoms with E-state index in [0.717, 1.165) is 12.1 Å². The number of benzene rings is 2. The number of para-hydroxylation sites is 1. The van der Waals surface area contributed by atoms with E-state index in [0.29, 0.717) is 5.75 Å². The van der Waals surface area contributed by atoms with Gasteiger partial charge in [-0.15, -0.1) is 0 Å². The lowest BCUT2D eigenvalue weighted by molar-refractivity contribution is 0.0936. The Labute approximate surface area is 149 Å². The van der Waals surface area contributed by atoms with E-state index in [1.807, 2.05) is 6.07 Å². The fourth-order valence-corrected chi connectivity index (χ4v) is 2.45. The molecule has 1 aromatic heterocycles. The first kappa shape index (κ1) is 17.5. The molecule has 1 atom stereocenters. The molecule has 2 aromatic carbocycles. The van der Waals surface area contributed by atoms with E-state index in [-0.39, 0.29) is 17.0 Å². The Morgan fingerprint density at radius 3 is 2.58 bits per heavy atom. The lowest BCUT2D eigenvalue weighted by Crippen LogP contribution is -2.27. The molecule has 3 aromatic rings. The van der Waals surface area contributed by atoms with Crippen LogP contribution in [0.3, 0.4) is 0 Å². The van der Waals surface area contributed by atoms with Crippen LogP contribution < -0.4 is 10.1 Å². The maximum atomic E-state index is 13.9. The summed E-state index contributed by atoms with van der Waals surface area (Å²) in [4.78, 5) is 16.7. The molecule has 4 nitrogen and oxygen atoms in total. The first-order valence-corrected chi connectivity index (χ1v) is 7.98. The van der Waals surface area contributed by atoms with Gasteiger partial charge in [0.25, 0.3) is 5.91 Å². The van der Waals surface area contributed by atoms with E-state index in [1.54, 1.807) is 43.3 Å². The fourth-order valence-electron chi connectivity index (χ4n) is 2.45. The van der Waals surface area contributed by atoms with Gasteiger partial charge in [-0.05, 0) is 37.3 Å². The van der Waals surface area contributed by atoms with Crippen molar-refractivity contribution >= 4 is 5.91 Å². The molecule has 6 heteroatoms. The number of hydrogen-bond donors (Lipinski definition) is 1. The molecule has 0 aliphatic heterocycles. The Balaban J connectivity index is 1.79. The summed E-state index contributed by atoms with van der Waals surface area (Å²) in [7, 11) is 0. The van der Waals surface area contributed by atoms with E-state index in [9.17, 15) is 13.6 Å². The molecule has 1 heterocycles. The third kappa shape index (κ3) is 4.03. The van der Waals surface area contributed by atoms with Crippen molar-refractivity contribution in [1.82, 2.24) is 10.3 Å². The third-order valence-electron chi connectivity index (χ3n) is 3.75. The first-order valence-electron chi connectivity index (χ1n) is 7.98. The summed E-state index contributed by atoms with van der Waals surface area (Å²) in [5.41, 5.74) is 0.403. The molecule has 0 saturated heterocycles. The van der Waals surface area contributed by atoms with Gasteiger partial charge in [-0.2, -0.15) is 0 Å². The normalized spacial score (nSPS) is 11.7. The molecular formula is C20H16F2N2O2. The number of ether oxygens (including phenoxy) is 1. The number of hydrogen-bond acceptors (Lipinski definition) is 3. The Bertz CT molecular complexity index is 917. The number of carbonyl (C=O) groups is 1. The average molecular weight is 354 g/mol. The minimum Gasteiger partial charge on any atom is -0.438 e. The molecule has 132 valence electrons. The van der Waals surface area contributed by atoms with Gasteiger partial charge < -0.3 is 10.1 Å². The zero-order valence-electron chi connectivity index (χ0n) is 13.9. The Morgan fingerprint density at radius 2 is 1.85 bits per heavy atom. The van der Waals surface area contributed by atoms with E-state index >= 15 is 0 Å². The van der Waals surface area contributed by atoms with Crippen molar-refractivity contribution in [2.24, 2.45) is 0 Å². The van der Waals surface area contributed by atoms with Crippen molar-refractivity contribution < 1.29 is 18.3 Å². The second-order valence-corrected chi connectivity index (χ2v) is 5.63. The van der Waals surface area contributed by atoms with E-state index in [4.69, 9.17) is 4.74 Å². The Morgan fingerprint density at radius 1 is 1.08 bits per heavy atom. The van der Waals surface area contributed by atoms with Crippen LogP contribution in [-0.2, 0) is 0 Å². The largest absolute Gasteiger partial charge is 0.438 e. The number of nitrogens with zero attached hydrogens (tertiary/aromatic N) is 1. The van der Waals surface area contributed by atoms with Crippen LogP contribution >= 0.6 is 0 Å². The highest BCUT2D eigenvalue weighted by molar-refractivity contribution is 5.96. The van der Waals surface area contributed by atoms with E-state index < -0.39 is 23.6 Å². The maximum absolute atomic E-state index is 13.9. The molecule has 0 radical (unpaired) electrons. The minimum atomic E-state index is -0.718. The second kappa shape index (κ2) is 7.74. The van der Waals surface area contributed by atoms with Crippen molar-refractivity contribution in [3.63, 3.8) is 0 Å². The first-order chi connectivity index (χ1) is 12.5. The van der Waals surface area contributed by atoms with Gasteiger partial charge in [0.05, 0.1) is 6.04 Å². The molecule has 1 N–H and O–H groups in total. The van der Waals surface area contributed by atoms with Crippen molar-refractivity contribution in [1.29, 1.82) is 0 Å². The highest BCUT2D eigenvalue weighted by Gasteiger charge is 2.19. The van der Waals surface area contributed by atoms with Gasteiger partial charge >= 0.3 is 0 Å². The van der Waals surface area contributed by atoms with Gasteiger partial charge in [0.2, 0.25) is 5.88 Å². The number of halogens is 2. The Kier molecular flexibility index (Phi) is 5.22. The van der Waals surface area contributed by atoms with Crippen LogP contribution in [0, 0.1) is 11.6 Å². The molecule has 0 aliphatic rings. The minimum absolute atomic E-state index is 0.142. The zero-order chi connectivity index (χ0) is 18.5. The summed E-state index contributed by atoms with van der Waals surface area (Å²) < 4.78 is 32.6. The SMILES string of the molecule is CC(NC(=O)c1cccnc1Oc1ccccc1)c1ccc(F)cc1F. The van der Waals surface area contributed by atoms with Crippen molar-refractivity contribution in [3.8, 4) is 11.6 Å². The van der Waals surface area contributed by atoms with Crippen LogP contribution in [0.25, 0.3) is 0 Å². The molecule has 0 fully saturated rings. The van der Waals surface area contributed by atoms with Crippen molar-refractivity contribution in [3.05, 3.63) is 89.6 Å². The Hall–Kier alpha value is -3.28. The number of nitrogens with one attached hydrogen (secondary N) is 1. The lowest BCUT2D eigenvalue weighted by Gasteiger charge is -2.16. The predicted octanol–water partition coefficient (Wildman–Crippen LogP) is 4.64. The molecule has 3 rings (SSSR count). The number of rotatable bonds is 5. The maximum Gasteiger partial charge on any atom is 0.257 e. The van der Waals surface area contributed by atoms with Crippen LogP contribution in [0.15, 0.2) is 66.9 Å². The van der Waals surface area contributed by atoms with Crippen LogP contribution in [0.2, 0.25) is 0 Å². The smallest absolute Gasteiger partial charge is 0.257 e. The highest BCUT2D eigenvalue weighted by atomic mass is 19.1. The summed E-state index contributed by atoms with van der Waals surface area (Å²) in [6.07, 6.45) is 1.51. The predicted molar refractivity (Wildman–Crippen MR) is 93.0 cm³/mol. The molecule has 0 saturated carbocycles. The van der Waals surface area contributed by atoms with Crippen molar-refractivity contribution in [2.75, 3.05) is 0 Å². The average Bonchev–Trinajstić information content (AvgIpc) is 2.62. The number of amides is 1. The molecule has 0 aliphatic carbocycles. The topological polar surface area (TPSA) is 51.2 Å². The summed E-state index contributed by atoms with van der Waals surface area (Å²) in [6.45, 7) is 1.61. The van der Waals surface area contributed by atoms with Crippen LogP contribution in [-0.4, -0.2) is 10.9 Å². The van der Waals surface area contributed by atoms with Crippen LogP contribution in [0.1, 0.15) is 28.9 Å². The second-order valence-electron chi connectivity index (χ2n) is 5.63. The zero-order valence-corrected chi connectivity index (χ0v) is 13.9. The third-order valence-corrected chi connectivity index (χ3v) is 3.75. The fraction of sp³-hybridized carbons (Fsp3) is 0.100. The van der Waals surface area contributed by atoms with Gasteiger partial charge in [-0.3, -0.25) is 4.79 Å². The molecule has 0 bridgehead atoms.